The number of aliphatic hydroxyl groups is 1. The molecule has 4 rings (SSSR count). The van der Waals surface area contributed by atoms with Gasteiger partial charge in [0, 0.05) is 25.7 Å². The van der Waals surface area contributed by atoms with E-state index in [2.05, 4.69) is 5.32 Å². The lowest BCUT2D eigenvalue weighted by Crippen LogP contribution is -2.50. The van der Waals surface area contributed by atoms with Crippen LogP contribution in [0.4, 0.5) is 4.39 Å². The maximum atomic E-state index is 13.2. The normalized spacial score (nSPS) is 21.4. The van der Waals surface area contributed by atoms with Crippen LogP contribution < -0.4 is 20.5 Å². The number of amides is 1. The second-order valence-electron chi connectivity index (χ2n) is 8.06. The van der Waals surface area contributed by atoms with Crippen LogP contribution in [0.25, 0.3) is 0 Å². The minimum atomic E-state index is -0.705. The molecule has 1 fully saturated rings. The molecule has 3 atom stereocenters. The molecule has 0 spiro atoms. The first-order valence-corrected chi connectivity index (χ1v) is 10.6. The SMILES string of the molecule is NC(=O)C(c1ccc(F)cc1)N1CCC(NCC(O)C2COc3ccccc3O2)CC1. The fraction of sp³-hybridized carbons (Fsp3) is 0.435. The Morgan fingerprint density at radius 3 is 2.52 bits per heavy atom. The number of aliphatic hydroxyl groups excluding tert-OH is 1. The first-order chi connectivity index (χ1) is 15.0. The molecule has 7 nitrogen and oxygen atoms in total. The van der Waals surface area contributed by atoms with Gasteiger partial charge in [-0.05, 0) is 42.7 Å². The zero-order valence-corrected chi connectivity index (χ0v) is 17.2. The number of carbonyl (C=O) groups is 1. The van der Waals surface area contributed by atoms with Crippen molar-refractivity contribution in [2.24, 2.45) is 5.73 Å². The molecule has 0 bridgehead atoms. The highest BCUT2D eigenvalue weighted by Crippen LogP contribution is 2.31. The molecule has 8 heteroatoms. The molecule has 3 unspecified atom stereocenters. The largest absolute Gasteiger partial charge is 0.486 e. The molecule has 2 aromatic rings. The molecule has 2 heterocycles. The summed E-state index contributed by atoms with van der Waals surface area (Å²) in [5, 5.41) is 13.9. The highest BCUT2D eigenvalue weighted by molar-refractivity contribution is 5.81. The van der Waals surface area contributed by atoms with Crippen molar-refractivity contribution >= 4 is 5.91 Å². The van der Waals surface area contributed by atoms with Crippen LogP contribution >= 0.6 is 0 Å². The van der Waals surface area contributed by atoms with Crippen LogP contribution in [0.3, 0.4) is 0 Å². The van der Waals surface area contributed by atoms with E-state index in [9.17, 15) is 14.3 Å². The first-order valence-electron chi connectivity index (χ1n) is 10.6. The van der Waals surface area contributed by atoms with E-state index in [1.807, 2.05) is 29.2 Å². The van der Waals surface area contributed by atoms with Gasteiger partial charge in [-0.25, -0.2) is 4.39 Å². The van der Waals surface area contributed by atoms with Gasteiger partial charge in [-0.15, -0.1) is 0 Å². The van der Waals surface area contributed by atoms with Crippen molar-refractivity contribution in [1.82, 2.24) is 10.2 Å². The maximum absolute atomic E-state index is 13.2. The summed E-state index contributed by atoms with van der Waals surface area (Å²) in [6.45, 7) is 2.04. The number of hydrogen-bond acceptors (Lipinski definition) is 6. The van der Waals surface area contributed by atoms with Gasteiger partial charge in [0.25, 0.3) is 0 Å². The van der Waals surface area contributed by atoms with E-state index in [1.54, 1.807) is 12.1 Å². The second kappa shape index (κ2) is 9.64. The first kappa shape index (κ1) is 21.5. The number of primary amides is 1. The molecule has 2 aliphatic rings. The van der Waals surface area contributed by atoms with Crippen molar-refractivity contribution in [2.75, 3.05) is 26.2 Å². The third-order valence-corrected chi connectivity index (χ3v) is 5.93. The van der Waals surface area contributed by atoms with Gasteiger partial charge in [-0.2, -0.15) is 0 Å². The molecular weight excluding hydrogens is 401 g/mol. The number of benzene rings is 2. The van der Waals surface area contributed by atoms with Gasteiger partial charge in [-0.1, -0.05) is 24.3 Å². The van der Waals surface area contributed by atoms with Gasteiger partial charge >= 0.3 is 0 Å². The predicted octanol–water partition coefficient (Wildman–Crippen LogP) is 1.61. The Morgan fingerprint density at radius 2 is 1.84 bits per heavy atom. The van der Waals surface area contributed by atoms with Crippen LogP contribution in [0.5, 0.6) is 11.5 Å². The molecule has 0 aliphatic carbocycles. The van der Waals surface area contributed by atoms with E-state index in [4.69, 9.17) is 15.2 Å². The van der Waals surface area contributed by atoms with Gasteiger partial charge in [0.2, 0.25) is 5.91 Å². The molecule has 2 aliphatic heterocycles. The van der Waals surface area contributed by atoms with Crippen molar-refractivity contribution in [1.29, 1.82) is 0 Å². The number of halogens is 1. The minimum Gasteiger partial charge on any atom is -0.486 e. The fourth-order valence-corrected chi connectivity index (χ4v) is 4.21. The zero-order valence-electron chi connectivity index (χ0n) is 17.2. The molecule has 0 saturated carbocycles. The molecule has 166 valence electrons. The Labute approximate surface area is 180 Å². The van der Waals surface area contributed by atoms with E-state index in [1.165, 1.54) is 12.1 Å². The van der Waals surface area contributed by atoms with E-state index < -0.39 is 24.2 Å². The van der Waals surface area contributed by atoms with Gasteiger partial charge < -0.3 is 25.6 Å². The summed E-state index contributed by atoms with van der Waals surface area (Å²) >= 11 is 0. The number of ether oxygens (including phenoxy) is 2. The van der Waals surface area contributed by atoms with Crippen LogP contribution in [0.15, 0.2) is 48.5 Å². The van der Waals surface area contributed by atoms with Gasteiger partial charge in [0.15, 0.2) is 17.6 Å². The lowest BCUT2D eigenvalue weighted by atomic mass is 9.98. The molecule has 1 amide bonds. The van der Waals surface area contributed by atoms with E-state index >= 15 is 0 Å². The molecule has 1 saturated heterocycles. The average molecular weight is 429 g/mol. The van der Waals surface area contributed by atoms with E-state index in [-0.39, 0.29) is 11.9 Å². The number of carbonyl (C=O) groups excluding carboxylic acids is 1. The minimum absolute atomic E-state index is 0.212. The standard InChI is InChI=1S/C23H28FN3O4/c24-16-7-5-15(6-8-16)22(23(25)29)27-11-9-17(10-12-27)26-13-18(28)21-14-30-19-3-1-2-4-20(19)31-21/h1-8,17-18,21-22,26,28H,9-14H2,(H2,25,29). The predicted molar refractivity (Wildman–Crippen MR) is 113 cm³/mol. The summed E-state index contributed by atoms with van der Waals surface area (Å²) in [6, 6.07) is 13.0. The van der Waals surface area contributed by atoms with Crippen LogP contribution in [0, 0.1) is 5.82 Å². The molecule has 4 N–H and O–H groups in total. The smallest absolute Gasteiger partial charge is 0.239 e. The summed E-state index contributed by atoms with van der Waals surface area (Å²) < 4.78 is 24.8. The number of nitrogens with zero attached hydrogens (tertiary/aromatic N) is 1. The summed E-state index contributed by atoms with van der Waals surface area (Å²) in [6.07, 6.45) is 0.481. The van der Waals surface area contributed by atoms with Crippen molar-refractivity contribution in [3.8, 4) is 11.5 Å². The molecular formula is C23H28FN3O4. The van der Waals surface area contributed by atoms with E-state index in [0.29, 0.717) is 43.3 Å². The third-order valence-electron chi connectivity index (χ3n) is 5.93. The Hall–Kier alpha value is -2.68. The quantitative estimate of drug-likeness (QED) is 0.619. The Morgan fingerprint density at radius 1 is 1.16 bits per heavy atom. The molecule has 2 aromatic carbocycles. The lowest BCUT2D eigenvalue weighted by Gasteiger charge is -2.37. The summed E-state index contributed by atoms with van der Waals surface area (Å²) in [5.41, 5.74) is 6.34. The number of likely N-dealkylation sites (tertiary alicyclic amines) is 1. The van der Waals surface area contributed by atoms with Crippen molar-refractivity contribution in [2.45, 2.75) is 37.1 Å². The number of para-hydroxylation sites is 2. The highest BCUT2D eigenvalue weighted by Gasteiger charge is 2.31. The Kier molecular flexibility index (Phi) is 6.70. The van der Waals surface area contributed by atoms with Crippen molar-refractivity contribution in [3.05, 3.63) is 59.9 Å². The molecule has 0 radical (unpaired) electrons. The van der Waals surface area contributed by atoms with Crippen LogP contribution in [-0.2, 0) is 4.79 Å². The summed E-state index contributed by atoms with van der Waals surface area (Å²) in [7, 11) is 0. The summed E-state index contributed by atoms with van der Waals surface area (Å²) in [5.74, 6) is 0.549. The van der Waals surface area contributed by atoms with Gasteiger partial charge in [-0.3, -0.25) is 9.69 Å². The number of fused-ring (bicyclic) bond motifs is 1. The number of hydrogen-bond donors (Lipinski definition) is 3. The third kappa shape index (κ3) is 5.15. The topological polar surface area (TPSA) is 97.1 Å². The monoisotopic (exact) mass is 429 g/mol. The Bertz CT molecular complexity index is 887. The van der Waals surface area contributed by atoms with Crippen LogP contribution in [0.2, 0.25) is 0 Å². The number of piperidine rings is 1. The van der Waals surface area contributed by atoms with Gasteiger partial charge in [0.1, 0.15) is 24.6 Å². The van der Waals surface area contributed by atoms with E-state index in [0.717, 1.165) is 12.8 Å². The number of nitrogens with two attached hydrogens (primary N) is 1. The maximum Gasteiger partial charge on any atom is 0.239 e. The Balaban J connectivity index is 1.26. The lowest BCUT2D eigenvalue weighted by molar-refractivity contribution is -0.124. The average Bonchev–Trinajstić information content (AvgIpc) is 2.79. The molecule has 31 heavy (non-hydrogen) atoms. The fourth-order valence-electron chi connectivity index (χ4n) is 4.21. The van der Waals surface area contributed by atoms with Crippen LogP contribution in [-0.4, -0.2) is 60.4 Å². The highest BCUT2D eigenvalue weighted by atomic mass is 19.1. The zero-order chi connectivity index (χ0) is 21.8. The molecule has 0 aromatic heterocycles. The van der Waals surface area contributed by atoms with Crippen molar-refractivity contribution in [3.63, 3.8) is 0 Å². The van der Waals surface area contributed by atoms with Gasteiger partial charge in [0.05, 0.1) is 0 Å². The number of nitrogens with one attached hydrogen (secondary N) is 1. The number of rotatable bonds is 7. The summed E-state index contributed by atoms with van der Waals surface area (Å²) in [4.78, 5) is 14.1. The second-order valence-corrected chi connectivity index (χ2v) is 8.06. The van der Waals surface area contributed by atoms with Crippen LogP contribution in [0.1, 0.15) is 24.4 Å². The van der Waals surface area contributed by atoms with Crippen molar-refractivity contribution < 1.29 is 23.8 Å².